The molecule has 0 radical (unpaired) electrons. The summed E-state index contributed by atoms with van der Waals surface area (Å²) in [6.45, 7) is 11.8. The number of aryl methyl sites for hydroxylation is 6. The Morgan fingerprint density at radius 2 is 0.841 bits per heavy atom. The minimum atomic E-state index is 0.511. The SMILES string of the molecule is CCC=C(C)CC(CC(CC(CCC=C(C)CCC=C(C)CC(CC(CC)c1ccc2c(c1)CC2)c1ccccc1)c1ccc2c(c1)CC2)c1ccc2c(c1)CC2)c1ccccc1. The molecular formula is C63H76. The van der Waals surface area contributed by atoms with Gasteiger partial charge in [-0.1, -0.05) is 164 Å². The number of hydrogen-bond acceptors (Lipinski definition) is 0. The van der Waals surface area contributed by atoms with Crippen LogP contribution >= 0.6 is 0 Å². The Balaban J connectivity index is 0.951. The van der Waals surface area contributed by atoms with Crippen molar-refractivity contribution in [3.63, 3.8) is 0 Å². The average Bonchev–Trinajstić information content (AvgIpc) is 3.26. The first kappa shape index (κ1) is 44.9. The quantitative estimate of drug-likeness (QED) is 0.0575. The molecule has 0 saturated carbocycles. The first-order chi connectivity index (χ1) is 30.8. The van der Waals surface area contributed by atoms with Crippen molar-refractivity contribution in [1.82, 2.24) is 0 Å². The number of rotatable bonds is 23. The second-order valence-corrected chi connectivity index (χ2v) is 20.1. The molecule has 0 heterocycles. The van der Waals surface area contributed by atoms with Gasteiger partial charge in [0.2, 0.25) is 0 Å². The Hall–Kier alpha value is -4.68. The van der Waals surface area contributed by atoms with Crippen LogP contribution in [0.15, 0.2) is 150 Å². The second kappa shape index (κ2) is 21.8. The maximum Gasteiger partial charge on any atom is -0.0119 e. The Morgan fingerprint density at radius 3 is 1.30 bits per heavy atom. The molecule has 0 aliphatic heterocycles. The zero-order chi connectivity index (χ0) is 43.5. The third kappa shape index (κ3) is 11.7. The van der Waals surface area contributed by atoms with Crippen LogP contribution in [0.1, 0.15) is 196 Å². The summed E-state index contributed by atoms with van der Waals surface area (Å²) in [6.07, 6.45) is 27.9. The predicted molar refractivity (Wildman–Crippen MR) is 272 cm³/mol. The van der Waals surface area contributed by atoms with Crippen LogP contribution in [0.4, 0.5) is 0 Å². The van der Waals surface area contributed by atoms with Gasteiger partial charge in [-0.2, -0.15) is 0 Å². The van der Waals surface area contributed by atoms with Gasteiger partial charge >= 0.3 is 0 Å². The highest BCUT2D eigenvalue weighted by Crippen LogP contribution is 2.44. The standard InChI is InChI=1S/C63H76/c1-6-16-46(4)37-62(50-22-12-9-13-23-50)44-63(60-36-30-53-28-34-58(53)42-60)43-54(59-35-29-52-27-33-57(52)41-59)24-15-18-45(3)17-14-19-47(5)38-61(49-20-10-8-11-21-49)39-48(7-2)55-31-25-51-26-32-56(51)40-55/h8-13,16,18-23,25,29-31,35-36,40-42,48,54,61-63H,6-7,14-15,17,24,26-28,32-34,37-39,43-44H2,1-5H3. The van der Waals surface area contributed by atoms with Gasteiger partial charge in [-0.05, 0) is 221 Å². The number of hydrogen-bond donors (Lipinski definition) is 0. The van der Waals surface area contributed by atoms with Gasteiger partial charge < -0.3 is 0 Å². The van der Waals surface area contributed by atoms with Crippen molar-refractivity contribution in [2.45, 2.75) is 173 Å². The summed E-state index contributed by atoms with van der Waals surface area (Å²) in [6, 6.07) is 45.3. The maximum absolute atomic E-state index is 2.60. The fourth-order valence-electron chi connectivity index (χ4n) is 11.4. The fourth-order valence-corrected chi connectivity index (χ4v) is 11.4. The average molecular weight is 833 g/mol. The van der Waals surface area contributed by atoms with Crippen LogP contribution in [0, 0.1) is 0 Å². The highest BCUT2D eigenvalue weighted by atomic mass is 14.3. The highest BCUT2D eigenvalue weighted by Gasteiger charge is 2.27. The van der Waals surface area contributed by atoms with Crippen LogP contribution in [0.5, 0.6) is 0 Å². The smallest absolute Gasteiger partial charge is 0.0119 e. The molecule has 3 aliphatic carbocycles. The van der Waals surface area contributed by atoms with E-state index in [4.69, 9.17) is 0 Å². The largest absolute Gasteiger partial charge is 0.0859 e. The zero-order valence-corrected chi connectivity index (χ0v) is 39.6. The Bertz CT molecular complexity index is 2350. The minimum Gasteiger partial charge on any atom is -0.0859 e. The van der Waals surface area contributed by atoms with Crippen molar-refractivity contribution in [3.8, 4) is 0 Å². The van der Waals surface area contributed by atoms with E-state index in [0.717, 1.165) is 38.5 Å². The maximum atomic E-state index is 2.60. The lowest BCUT2D eigenvalue weighted by Gasteiger charge is -2.31. The molecule has 5 atom stereocenters. The molecule has 328 valence electrons. The van der Waals surface area contributed by atoms with E-state index in [2.05, 4.69) is 168 Å². The lowest BCUT2D eigenvalue weighted by molar-refractivity contribution is 0.446. The van der Waals surface area contributed by atoms with E-state index >= 15 is 0 Å². The van der Waals surface area contributed by atoms with Crippen LogP contribution in [0.2, 0.25) is 0 Å². The van der Waals surface area contributed by atoms with Gasteiger partial charge in [0.05, 0.1) is 0 Å². The van der Waals surface area contributed by atoms with E-state index in [1.165, 1.54) is 87.3 Å². The zero-order valence-electron chi connectivity index (χ0n) is 39.6. The number of benzene rings is 5. The van der Waals surface area contributed by atoms with Gasteiger partial charge in [0.25, 0.3) is 0 Å². The Kier molecular flexibility index (Phi) is 15.5. The molecule has 5 aromatic rings. The summed E-state index contributed by atoms with van der Waals surface area (Å²) in [5, 5.41) is 0. The lowest BCUT2D eigenvalue weighted by Crippen LogP contribution is -2.15. The molecule has 0 heteroatoms. The van der Waals surface area contributed by atoms with Crippen molar-refractivity contribution >= 4 is 0 Å². The molecule has 0 spiro atoms. The van der Waals surface area contributed by atoms with Crippen molar-refractivity contribution in [2.75, 3.05) is 0 Å². The van der Waals surface area contributed by atoms with E-state index < -0.39 is 0 Å². The van der Waals surface area contributed by atoms with Crippen LogP contribution < -0.4 is 0 Å². The summed E-state index contributed by atoms with van der Waals surface area (Å²) in [5.41, 5.74) is 21.8. The van der Waals surface area contributed by atoms with Crippen molar-refractivity contribution in [1.29, 1.82) is 0 Å². The van der Waals surface area contributed by atoms with Gasteiger partial charge in [0.1, 0.15) is 0 Å². The normalized spacial score (nSPS) is 16.9. The first-order valence-corrected chi connectivity index (χ1v) is 25.2. The highest BCUT2D eigenvalue weighted by molar-refractivity contribution is 5.43. The van der Waals surface area contributed by atoms with E-state index in [1.54, 1.807) is 61.2 Å². The fraction of sp³-hybridized carbons (Fsp3) is 0.429. The summed E-state index contributed by atoms with van der Waals surface area (Å²) in [5.74, 6) is 2.71. The molecule has 3 aliphatic rings. The lowest BCUT2D eigenvalue weighted by atomic mass is 9.74. The van der Waals surface area contributed by atoms with Crippen LogP contribution in [0.25, 0.3) is 0 Å². The van der Waals surface area contributed by atoms with Crippen LogP contribution in [-0.2, 0) is 38.5 Å². The molecule has 0 aromatic heterocycles. The molecular weight excluding hydrogens is 757 g/mol. The van der Waals surface area contributed by atoms with Crippen LogP contribution in [-0.4, -0.2) is 0 Å². The molecule has 0 amide bonds. The van der Waals surface area contributed by atoms with Gasteiger partial charge in [0, 0.05) is 0 Å². The van der Waals surface area contributed by atoms with Crippen molar-refractivity contribution in [2.24, 2.45) is 0 Å². The molecule has 0 nitrogen and oxygen atoms in total. The summed E-state index contributed by atoms with van der Waals surface area (Å²) >= 11 is 0. The van der Waals surface area contributed by atoms with Gasteiger partial charge in [-0.15, -0.1) is 0 Å². The molecule has 8 rings (SSSR count). The molecule has 5 unspecified atom stereocenters. The van der Waals surface area contributed by atoms with E-state index in [1.807, 2.05) is 0 Å². The van der Waals surface area contributed by atoms with Crippen molar-refractivity contribution < 1.29 is 0 Å². The predicted octanol–water partition coefficient (Wildman–Crippen LogP) is 17.4. The summed E-state index contributed by atoms with van der Waals surface area (Å²) < 4.78 is 0. The number of allylic oxidation sites excluding steroid dienone is 6. The molecule has 5 aromatic carbocycles. The molecule has 0 fully saturated rings. The van der Waals surface area contributed by atoms with Gasteiger partial charge in [-0.25, -0.2) is 0 Å². The Morgan fingerprint density at radius 1 is 0.413 bits per heavy atom. The number of fused-ring (bicyclic) bond motifs is 3. The van der Waals surface area contributed by atoms with Gasteiger partial charge in [-0.3, -0.25) is 0 Å². The molecule has 0 saturated heterocycles. The van der Waals surface area contributed by atoms with E-state index in [-0.39, 0.29) is 0 Å². The third-order valence-electron chi connectivity index (χ3n) is 15.6. The topological polar surface area (TPSA) is 0 Å². The van der Waals surface area contributed by atoms with E-state index in [9.17, 15) is 0 Å². The van der Waals surface area contributed by atoms with Crippen LogP contribution in [0.3, 0.4) is 0 Å². The summed E-state index contributed by atoms with van der Waals surface area (Å²) in [4.78, 5) is 0. The Labute approximate surface area is 383 Å². The monoisotopic (exact) mass is 833 g/mol. The molecule has 0 bridgehead atoms. The van der Waals surface area contributed by atoms with E-state index in [0.29, 0.717) is 29.6 Å². The third-order valence-corrected chi connectivity index (χ3v) is 15.6. The first-order valence-electron chi connectivity index (χ1n) is 25.2. The molecule has 0 N–H and O–H groups in total. The molecule has 63 heavy (non-hydrogen) atoms. The van der Waals surface area contributed by atoms with Gasteiger partial charge in [0.15, 0.2) is 0 Å². The second-order valence-electron chi connectivity index (χ2n) is 20.1. The van der Waals surface area contributed by atoms with Crippen molar-refractivity contribution in [3.05, 3.63) is 211 Å². The summed E-state index contributed by atoms with van der Waals surface area (Å²) in [7, 11) is 0. The minimum absolute atomic E-state index is 0.511.